The summed E-state index contributed by atoms with van der Waals surface area (Å²) >= 11 is 0. The number of hydrogen-bond donors (Lipinski definition) is 1. The zero-order chi connectivity index (χ0) is 24.1. The number of nitrogens with zero attached hydrogens (tertiary/aromatic N) is 3. The average molecular weight is 480 g/mol. The summed E-state index contributed by atoms with van der Waals surface area (Å²) in [6, 6.07) is 19.1. The molecule has 0 saturated carbocycles. The van der Waals surface area contributed by atoms with Crippen molar-refractivity contribution in [1.29, 1.82) is 0 Å². The zero-order valence-corrected chi connectivity index (χ0v) is 20.5. The van der Waals surface area contributed by atoms with Crippen LogP contribution in [0.5, 0.6) is 0 Å². The molecular weight excluding hydrogens is 450 g/mol. The van der Waals surface area contributed by atoms with Crippen molar-refractivity contribution < 1.29 is 24.1 Å². The van der Waals surface area contributed by atoms with Gasteiger partial charge in [-0.1, -0.05) is 85.5 Å². The van der Waals surface area contributed by atoms with Crippen LogP contribution >= 0.6 is 0 Å². The normalized spacial score (nSPS) is 16.9. The lowest BCUT2D eigenvalue weighted by Crippen LogP contribution is -2.39. The minimum atomic E-state index is -1.64. The Bertz CT molecular complexity index is 1140. The second kappa shape index (κ2) is 10.2. The Labute approximate surface area is 199 Å². The molecule has 9 heteroatoms. The molecule has 2 atom stereocenters. The van der Waals surface area contributed by atoms with Crippen LogP contribution in [0, 0.1) is 0 Å². The van der Waals surface area contributed by atoms with Gasteiger partial charge in [0, 0.05) is 6.20 Å². The number of rotatable bonds is 10. The Morgan fingerprint density at radius 2 is 1.59 bits per heavy atom. The number of carbonyl (C=O) groups excluding carboxylic acids is 1. The monoisotopic (exact) mass is 479 g/mol. The van der Waals surface area contributed by atoms with Gasteiger partial charge in [0.25, 0.3) is 0 Å². The average Bonchev–Trinajstić information content (AvgIpc) is 3.42. The third-order valence-corrected chi connectivity index (χ3v) is 7.16. The first-order chi connectivity index (χ1) is 16.3. The molecule has 8 nitrogen and oxygen atoms in total. The third kappa shape index (κ3) is 5.73. The van der Waals surface area contributed by atoms with Crippen LogP contribution in [-0.4, -0.2) is 46.4 Å². The fourth-order valence-electron chi connectivity index (χ4n) is 3.47. The predicted molar refractivity (Wildman–Crippen MR) is 128 cm³/mol. The first-order valence-corrected chi connectivity index (χ1v) is 14.7. The maximum atomic E-state index is 12.7. The molecule has 0 aliphatic carbocycles. The lowest BCUT2D eigenvalue weighted by atomic mass is 10.1. The lowest BCUT2D eigenvalue weighted by Gasteiger charge is -2.20. The summed E-state index contributed by atoms with van der Waals surface area (Å²) in [5, 5.41) is 20.3. The van der Waals surface area contributed by atoms with Gasteiger partial charge < -0.3 is 19.3 Å². The molecule has 1 aliphatic heterocycles. The van der Waals surface area contributed by atoms with Crippen LogP contribution < -0.4 is 5.32 Å². The molecule has 0 saturated heterocycles. The van der Waals surface area contributed by atoms with Crippen molar-refractivity contribution in [2.45, 2.75) is 51.6 Å². The highest BCUT2D eigenvalue weighted by Gasteiger charge is 2.42. The lowest BCUT2D eigenvalue weighted by molar-refractivity contribution is -0.148. The van der Waals surface area contributed by atoms with Crippen molar-refractivity contribution in [3.05, 3.63) is 89.5 Å². The number of aromatic nitrogens is 3. The summed E-state index contributed by atoms with van der Waals surface area (Å²) in [6.45, 7) is 6.99. The molecule has 34 heavy (non-hydrogen) atoms. The molecule has 1 aromatic heterocycles. The Morgan fingerprint density at radius 1 is 1.00 bits per heavy atom. The van der Waals surface area contributed by atoms with Crippen molar-refractivity contribution >= 4 is 19.4 Å². The summed E-state index contributed by atoms with van der Waals surface area (Å²) in [4.78, 5) is 12.7. The van der Waals surface area contributed by atoms with Crippen molar-refractivity contribution in [2.75, 3.05) is 0 Å². The first-order valence-electron chi connectivity index (χ1n) is 11.2. The molecule has 0 bridgehead atoms. The van der Waals surface area contributed by atoms with Crippen LogP contribution in [0.2, 0.25) is 19.6 Å². The molecule has 0 unspecified atom stereocenters. The Kier molecular flexibility index (Phi) is 7.14. The molecule has 2 heterocycles. The summed E-state index contributed by atoms with van der Waals surface area (Å²) in [5.41, 5.74) is 1.82. The van der Waals surface area contributed by atoms with Gasteiger partial charge in [0.05, 0.1) is 11.9 Å². The fraction of sp³-hybridized carbons (Fsp3) is 0.320. The molecule has 4 rings (SSSR count). The van der Waals surface area contributed by atoms with E-state index in [-0.39, 0.29) is 31.3 Å². The van der Waals surface area contributed by atoms with E-state index < -0.39 is 26.3 Å². The number of esters is 1. The van der Waals surface area contributed by atoms with E-state index in [4.69, 9.17) is 14.2 Å². The van der Waals surface area contributed by atoms with Gasteiger partial charge in [0.1, 0.15) is 27.4 Å². The highest BCUT2D eigenvalue weighted by molar-refractivity contribution is 6.88. The molecule has 0 spiro atoms. The molecule has 0 amide bonds. The SMILES string of the molecule is C[Si](C)(C)c1cn(C[C@H](O)[C@H]2OC(=O)C(OCc3ccccc3)=C2OCc2ccccc2)nn1. The van der Waals surface area contributed by atoms with Crippen molar-refractivity contribution in [3.8, 4) is 0 Å². The van der Waals surface area contributed by atoms with Gasteiger partial charge in [-0.05, 0) is 11.1 Å². The van der Waals surface area contributed by atoms with E-state index in [2.05, 4.69) is 30.0 Å². The molecular formula is C25H29N3O5Si. The van der Waals surface area contributed by atoms with Crippen molar-refractivity contribution in [2.24, 2.45) is 0 Å². The van der Waals surface area contributed by atoms with Gasteiger partial charge in [-0.15, -0.1) is 5.10 Å². The van der Waals surface area contributed by atoms with Crippen LogP contribution in [0.25, 0.3) is 0 Å². The van der Waals surface area contributed by atoms with E-state index in [1.165, 1.54) is 0 Å². The first kappa shape index (κ1) is 23.7. The minimum Gasteiger partial charge on any atom is -0.485 e. The number of cyclic esters (lactones) is 1. The second-order valence-electron chi connectivity index (χ2n) is 9.21. The summed E-state index contributed by atoms with van der Waals surface area (Å²) in [7, 11) is -1.64. The number of benzene rings is 2. The number of hydrogen-bond acceptors (Lipinski definition) is 7. The highest BCUT2D eigenvalue weighted by atomic mass is 28.3. The second-order valence-corrected chi connectivity index (χ2v) is 14.2. The van der Waals surface area contributed by atoms with E-state index in [1.54, 1.807) is 4.68 Å². The van der Waals surface area contributed by atoms with E-state index in [1.807, 2.05) is 66.9 Å². The standard InChI is InChI=1S/C25H29N3O5Si/c1-34(2,3)21-15-28(27-26-21)14-20(29)22-23(31-16-18-10-6-4-7-11-18)24(25(30)33-22)32-17-19-12-8-5-9-13-19/h4-13,15,20,22,29H,14,16-17H2,1-3H3/t20-,22+/m0/s1. The number of carbonyl (C=O) groups is 1. The van der Waals surface area contributed by atoms with Crippen LogP contribution in [-0.2, 0) is 38.8 Å². The smallest absolute Gasteiger partial charge is 0.378 e. The van der Waals surface area contributed by atoms with Gasteiger partial charge in [-0.3, -0.25) is 0 Å². The summed E-state index contributed by atoms with van der Waals surface area (Å²) < 4.78 is 18.9. The van der Waals surface area contributed by atoms with Gasteiger partial charge in [-0.25, -0.2) is 9.48 Å². The molecule has 3 aromatic rings. The number of aliphatic hydroxyl groups is 1. The molecule has 178 valence electrons. The van der Waals surface area contributed by atoms with Crippen LogP contribution in [0.1, 0.15) is 11.1 Å². The molecule has 2 aromatic carbocycles. The Hall–Kier alpha value is -3.43. The van der Waals surface area contributed by atoms with E-state index in [0.717, 1.165) is 16.4 Å². The molecule has 1 N–H and O–H groups in total. The van der Waals surface area contributed by atoms with E-state index >= 15 is 0 Å². The van der Waals surface area contributed by atoms with Crippen molar-refractivity contribution in [1.82, 2.24) is 15.0 Å². The number of aliphatic hydroxyl groups excluding tert-OH is 1. The maximum absolute atomic E-state index is 12.7. The predicted octanol–water partition coefficient (Wildman–Crippen LogP) is 2.75. The molecule has 0 fully saturated rings. The highest BCUT2D eigenvalue weighted by Crippen LogP contribution is 2.29. The van der Waals surface area contributed by atoms with Gasteiger partial charge in [0.15, 0.2) is 11.9 Å². The summed E-state index contributed by atoms with van der Waals surface area (Å²) in [5.74, 6) is -0.502. The zero-order valence-electron chi connectivity index (χ0n) is 19.5. The van der Waals surface area contributed by atoms with Crippen LogP contribution in [0.4, 0.5) is 0 Å². The summed E-state index contributed by atoms with van der Waals surface area (Å²) in [6.07, 6.45) is -0.266. The third-order valence-electron chi connectivity index (χ3n) is 5.40. The van der Waals surface area contributed by atoms with Gasteiger partial charge >= 0.3 is 5.97 Å². The van der Waals surface area contributed by atoms with Gasteiger partial charge in [0.2, 0.25) is 5.76 Å². The molecule has 0 radical (unpaired) electrons. The van der Waals surface area contributed by atoms with Crippen molar-refractivity contribution in [3.63, 3.8) is 0 Å². The Balaban J connectivity index is 1.54. The largest absolute Gasteiger partial charge is 0.485 e. The Morgan fingerprint density at radius 3 is 2.15 bits per heavy atom. The maximum Gasteiger partial charge on any atom is 0.378 e. The van der Waals surface area contributed by atoms with Crippen LogP contribution in [0.15, 0.2) is 78.4 Å². The minimum absolute atomic E-state index is 0.0230. The topological polar surface area (TPSA) is 95.7 Å². The van der Waals surface area contributed by atoms with E-state index in [9.17, 15) is 9.90 Å². The quantitative estimate of drug-likeness (QED) is 0.353. The fourth-order valence-corrected chi connectivity index (χ4v) is 4.35. The van der Waals surface area contributed by atoms with Gasteiger partial charge in [-0.2, -0.15) is 0 Å². The molecule has 1 aliphatic rings. The number of ether oxygens (including phenoxy) is 3. The van der Waals surface area contributed by atoms with Crippen LogP contribution in [0.3, 0.4) is 0 Å². The van der Waals surface area contributed by atoms with E-state index in [0.29, 0.717) is 0 Å².